The number of ether oxygens (including phenoxy) is 2. The largest absolute Gasteiger partial charge is 0.497 e. The van der Waals surface area contributed by atoms with E-state index in [1.807, 2.05) is 111 Å². The quantitative estimate of drug-likeness (QED) is 0.234. The summed E-state index contributed by atoms with van der Waals surface area (Å²) in [5.41, 5.74) is 4.99. The Balaban J connectivity index is 1.91. The number of hydrogen-bond acceptors (Lipinski definition) is 4. The fraction of sp³-hybridized carbons (Fsp3) is 0.133. The van der Waals surface area contributed by atoms with Crippen molar-refractivity contribution in [3.63, 3.8) is 0 Å². The van der Waals surface area contributed by atoms with Crippen LogP contribution in [0.2, 0.25) is 0 Å². The molecule has 0 aliphatic heterocycles. The molecule has 0 fully saturated rings. The van der Waals surface area contributed by atoms with Crippen LogP contribution in [0.1, 0.15) is 27.0 Å². The first kappa shape index (κ1) is 23.8. The molecule has 5 heteroatoms. The number of aliphatic imine (C=N–C) groups is 1. The van der Waals surface area contributed by atoms with Gasteiger partial charge in [0, 0.05) is 11.1 Å². The second-order valence-corrected chi connectivity index (χ2v) is 8.20. The first-order chi connectivity index (χ1) is 17.0. The van der Waals surface area contributed by atoms with Gasteiger partial charge in [-0.25, -0.2) is 4.99 Å². The number of methoxy groups -OCH3 is 2. The van der Waals surface area contributed by atoms with Crippen LogP contribution in [-0.2, 0) is 0 Å². The maximum absolute atomic E-state index is 14.0. The average molecular weight is 465 g/mol. The number of amidine groups is 1. The van der Waals surface area contributed by atoms with E-state index in [0.29, 0.717) is 28.5 Å². The number of nitrogens with zero attached hydrogens (tertiary/aromatic N) is 2. The van der Waals surface area contributed by atoms with Crippen molar-refractivity contribution in [1.29, 1.82) is 0 Å². The summed E-state index contributed by atoms with van der Waals surface area (Å²) >= 11 is 0. The smallest absolute Gasteiger partial charge is 0.264 e. The number of amides is 1. The zero-order valence-electron chi connectivity index (χ0n) is 20.4. The minimum atomic E-state index is -0.178. The Hall–Kier alpha value is -4.38. The molecular weight excluding hydrogens is 436 g/mol. The van der Waals surface area contributed by atoms with Gasteiger partial charge in [-0.05, 0) is 74.5 Å². The van der Waals surface area contributed by atoms with Gasteiger partial charge in [0.1, 0.15) is 17.3 Å². The Morgan fingerprint density at radius 3 is 1.57 bits per heavy atom. The predicted molar refractivity (Wildman–Crippen MR) is 141 cm³/mol. The van der Waals surface area contributed by atoms with Crippen molar-refractivity contribution in [2.24, 2.45) is 4.99 Å². The summed E-state index contributed by atoms with van der Waals surface area (Å²) in [5.74, 6) is 1.79. The van der Waals surface area contributed by atoms with Crippen molar-refractivity contribution in [2.75, 3.05) is 19.1 Å². The Bertz CT molecular complexity index is 1310. The molecule has 35 heavy (non-hydrogen) atoms. The van der Waals surface area contributed by atoms with Crippen molar-refractivity contribution in [2.45, 2.75) is 13.8 Å². The fourth-order valence-electron chi connectivity index (χ4n) is 3.62. The van der Waals surface area contributed by atoms with Gasteiger partial charge < -0.3 is 9.47 Å². The number of hydrogen-bond donors (Lipinski definition) is 0. The summed E-state index contributed by atoms with van der Waals surface area (Å²) in [6.07, 6.45) is 0. The normalized spacial score (nSPS) is 11.1. The summed E-state index contributed by atoms with van der Waals surface area (Å²) in [6.45, 7) is 4.03. The molecule has 0 spiro atoms. The summed E-state index contributed by atoms with van der Waals surface area (Å²) in [6, 6.07) is 30.4. The molecule has 0 atom stereocenters. The number of carbonyl (C=O) groups is 1. The molecule has 0 aromatic heterocycles. The van der Waals surface area contributed by atoms with Crippen LogP contribution in [0.5, 0.6) is 11.5 Å². The maximum Gasteiger partial charge on any atom is 0.264 e. The van der Waals surface area contributed by atoms with E-state index in [4.69, 9.17) is 14.5 Å². The van der Waals surface area contributed by atoms with Gasteiger partial charge in [0.2, 0.25) is 0 Å². The molecule has 1 amide bonds. The molecule has 0 bridgehead atoms. The third-order valence-electron chi connectivity index (χ3n) is 5.66. The first-order valence-electron chi connectivity index (χ1n) is 11.3. The molecule has 0 saturated carbocycles. The molecular formula is C30H28N2O3. The SMILES string of the molecule is COc1ccc(N=C(c2ccc(C)cc2)N(C(=O)c2ccc(C)cc2)c2ccc(OC)cc2)cc1. The second kappa shape index (κ2) is 10.7. The summed E-state index contributed by atoms with van der Waals surface area (Å²) in [4.78, 5) is 20.6. The highest BCUT2D eigenvalue weighted by Crippen LogP contribution is 2.27. The summed E-state index contributed by atoms with van der Waals surface area (Å²) < 4.78 is 10.6. The number of aryl methyl sites for hydroxylation is 2. The van der Waals surface area contributed by atoms with E-state index in [1.54, 1.807) is 19.1 Å². The summed E-state index contributed by atoms with van der Waals surface area (Å²) in [7, 11) is 3.24. The van der Waals surface area contributed by atoms with Gasteiger partial charge in [-0.2, -0.15) is 0 Å². The Kier molecular flexibility index (Phi) is 7.27. The Morgan fingerprint density at radius 2 is 1.09 bits per heavy atom. The van der Waals surface area contributed by atoms with E-state index in [0.717, 1.165) is 22.4 Å². The predicted octanol–water partition coefficient (Wildman–Crippen LogP) is 6.75. The highest BCUT2D eigenvalue weighted by molar-refractivity contribution is 6.28. The van der Waals surface area contributed by atoms with Crippen molar-refractivity contribution in [1.82, 2.24) is 0 Å². The molecule has 4 aromatic carbocycles. The van der Waals surface area contributed by atoms with Gasteiger partial charge in [-0.15, -0.1) is 0 Å². The first-order valence-corrected chi connectivity index (χ1v) is 11.3. The second-order valence-electron chi connectivity index (χ2n) is 8.20. The van der Waals surface area contributed by atoms with E-state index in [-0.39, 0.29) is 5.91 Å². The molecule has 0 heterocycles. The third-order valence-corrected chi connectivity index (χ3v) is 5.66. The molecule has 0 N–H and O–H groups in total. The maximum atomic E-state index is 14.0. The molecule has 4 rings (SSSR count). The molecule has 0 unspecified atom stereocenters. The topological polar surface area (TPSA) is 51.1 Å². The Morgan fingerprint density at radius 1 is 0.629 bits per heavy atom. The monoisotopic (exact) mass is 464 g/mol. The van der Waals surface area contributed by atoms with Crippen molar-refractivity contribution < 1.29 is 14.3 Å². The van der Waals surface area contributed by atoms with Gasteiger partial charge in [-0.3, -0.25) is 9.69 Å². The molecule has 0 aliphatic carbocycles. The van der Waals surface area contributed by atoms with Crippen LogP contribution in [0.4, 0.5) is 11.4 Å². The third kappa shape index (κ3) is 5.58. The number of rotatable bonds is 6. The van der Waals surface area contributed by atoms with E-state index in [2.05, 4.69) is 0 Å². The van der Waals surface area contributed by atoms with Crippen LogP contribution in [-0.4, -0.2) is 26.0 Å². The van der Waals surface area contributed by atoms with Crippen LogP contribution < -0.4 is 14.4 Å². The van der Waals surface area contributed by atoms with E-state index in [9.17, 15) is 4.79 Å². The van der Waals surface area contributed by atoms with Gasteiger partial charge in [0.25, 0.3) is 5.91 Å². The van der Waals surface area contributed by atoms with Crippen molar-refractivity contribution in [3.05, 3.63) is 119 Å². The highest BCUT2D eigenvalue weighted by atomic mass is 16.5. The van der Waals surface area contributed by atoms with Gasteiger partial charge in [0.05, 0.1) is 25.6 Å². The van der Waals surface area contributed by atoms with Crippen LogP contribution in [0, 0.1) is 13.8 Å². The average Bonchev–Trinajstić information content (AvgIpc) is 2.90. The van der Waals surface area contributed by atoms with E-state index in [1.165, 1.54) is 0 Å². The Labute approximate surface area is 206 Å². The molecule has 0 saturated heterocycles. The van der Waals surface area contributed by atoms with Gasteiger partial charge >= 0.3 is 0 Å². The molecule has 5 nitrogen and oxygen atoms in total. The number of carbonyl (C=O) groups excluding carboxylic acids is 1. The van der Waals surface area contributed by atoms with Crippen LogP contribution in [0.3, 0.4) is 0 Å². The zero-order valence-corrected chi connectivity index (χ0v) is 20.4. The summed E-state index contributed by atoms with van der Waals surface area (Å²) in [5, 5.41) is 0. The lowest BCUT2D eigenvalue weighted by Crippen LogP contribution is -2.37. The molecule has 0 aliphatic rings. The standard InChI is InChI=1S/C30H28N2O3/c1-21-5-9-23(10-6-21)29(31-25-13-17-27(34-3)18-14-25)32(26-15-19-28(35-4)20-16-26)30(33)24-11-7-22(2)8-12-24/h5-20H,1-4H3. The molecule has 4 aromatic rings. The minimum Gasteiger partial charge on any atom is -0.497 e. The fourth-order valence-corrected chi connectivity index (χ4v) is 3.62. The van der Waals surface area contributed by atoms with Gasteiger partial charge in [-0.1, -0.05) is 47.5 Å². The number of benzene rings is 4. The lowest BCUT2D eigenvalue weighted by molar-refractivity contribution is 0.100. The lowest BCUT2D eigenvalue weighted by atomic mass is 10.1. The van der Waals surface area contributed by atoms with E-state index >= 15 is 0 Å². The van der Waals surface area contributed by atoms with E-state index < -0.39 is 0 Å². The van der Waals surface area contributed by atoms with Crippen LogP contribution in [0.25, 0.3) is 0 Å². The van der Waals surface area contributed by atoms with Crippen molar-refractivity contribution >= 4 is 23.1 Å². The lowest BCUT2D eigenvalue weighted by Gasteiger charge is -2.25. The zero-order chi connectivity index (χ0) is 24.8. The van der Waals surface area contributed by atoms with Crippen molar-refractivity contribution in [3.8, 4) is 11.5 Å². The molecule has 176 valence electrons. The highest BCUT2D eigenvalue weighted by Gasteiger charge is 2.25. The van der Waals surface area contributed by atoms with Crippen LogP contribution >= 0.6 is 0 Å². The minimum absolute atomic E-state index is 0.178. The number of anilines is 1. The van der Waals surface area contributed by atoms with Gasteiger partial charge in [0.15, 0.2) is 0 Å². The van der Waals surface area contributed by atoms with Crippen LogP contribution in [0.15, 0.2) is 102 Å². The molecule has 0 radical (unpaired) electrons.